The SMILES string of the molecule is CCCOc1cccnc1NC(C)CS(C)=O. The number of nitrogens with one attached hydrogen (secondary N) is 1. The zero-order chi connectivity index (χ0) is 12.7. The van der Waals surface area contributed by atoms with Gasteiger partial charge >= 0.3 is 0 Å². The highest BCUT2D eigenvalue weighted by molar-refractivity contribution is 7.84. The molecular formula is C12H20N2O2S. The van der Waals surface area contributed by atoms with Crippen LogP contribution in [0, 0.1) is 0 Å². The molecule has 1 aromatic rings. The van der Waals surface area contributed by atoms with E-state index in [1.165, 1.54) is 0 Å². The lowest BCUT2D eigenvalue weighted by atomic mass is 10.3. The summed E-state index contributed by atoms with van der Waals surface area (Å²) in [5, 5.41) is 3.22. The molecule has 1 aromatic heterocycles. The van der Waals surface area contributed by atoms with Gasteiger partial charge in [-0.15, -0.1) is 0 Å². The van der Waals surface area contributed by atoms with Crippen LogP contribution in [0.15, 0.2) is 18.3 Å². The summed E-state index contributed by atoms with van der Waals surface area (Å²) in [7, 11) is -0.812. The largest absolute Gasteiger partial charge is 0.490 e. The lowest BCUT2D eigenvalue weighted by molar-refractivity contribution is 0.317. The Morgan fingerprint density at radius 2 is 2.35 bits per heavy atom. The van der Waals surface area contributed by atoms with Gasteiger partial charge in [0, 0.05) is 35.0 Å². The molecule has 4 nitrogen and oxygen atoms in total. The molecule has 0 aliphatic heterocycles. The molecule has 96 valence electrons. The van der Waals surface area contributed by atoms with Crippen molar-refractivity contribution in [2.24, 2.45) is 0 Å². The summed E-state index contributed by atoms with van der Waals surface area (Å²) >= 11 is 0. The number of aromatic nitrogens is 1. The third kappa shape index (κ3) is 5.17. The van der Waals surface area contributed by atoms with Gasteiger partial charge in [-0.05, 0) is 25.5 Å². The van der Waals surface area contributed by atoms with E-state index in [1.807, 2.05) is 19.1 Å². The summed E-state index contributed by atoms with van der Waals surface area (Å²) in [5.74, 6) is 2.08. The van der Waals surface area contributed by atoms with Crippen molar-refractivity contribution in [3.05, 3.63) is 18.3 Å². The summed E-state index contributed by atoms with van der Waals surface area (Å²) in [6, 6.07) is 3.85. The Morgan fingerprint density at radius 3 is 3.00 bits per heavy atom. The van der Waals surface area contributed by atoms with E-state index >= 15 is 0 Å². The highest BCUT2D eigenvalue weighted by Crippen LogP contribution is 2.21. The van der Waals surface area contributed by atoms with E-state index in [4.69, 9.17) is 4.74 Å². The second-order valence-electron chi connectivity index (χ2n) is 3.98. The Balaban J connectivity index is 2.65. The third-order valence-electron chi connectivity index (χ3n) is 2.10. The van der Waals surface area contributed by atoms with Crippen molar-refractivity contribution in [1.29, 1.82) is 0 Å². The first-order valence-corrected chi connectivity index (χ1v) is 7.50. The molecule has 2 unspecified atom stereocenters. The number of rotatable bonds is 7. The van der Waals surface area contributed by atoms with Crippen molar-refractivity contribution in [3.63, 3.8) is 0 Å². The number of anilines is 1. The molecule has 17 heavy (non-hydrogen) atoms. The second kappa shape index (κ2) is 7.27. The number of nitrogens with zero attached hydrogens (tertiary/aromatic N) is 1. The van der Waals surface area contributed by atoms with Crippen molar-refractivity contribution in [2.75, 3.05) is 23.9 Å². The minimum atomic E-state index is -0.812. The van der Waals surface area contributed by atoms with E-state index in [1.54, 1.807) is 12.5 Å². The monoisotopic (exact) mass is 256 g/mol. The quantitative estimate of drug-likeness (QED) is 0.811. The molecule has 0 radical (unpaired) electrons. The third-order valence-corrected chi connectivity index (χ3v) is 3.07. The first-order valence-electron chi connectivity index (χ1n) is 5.77. The van der Waals surface area contributed by atoms with Crippen LogP contribution < -0.4 is 10.1 Å². The summed E-state index contributed by atoms with van der Waals surface area (Å²) < 4.78 is 16.7. The van der Waals surface area contributed by atoms with Crippen molar-refractivity contribution >= 4 is 16.6 Å². The van der Waals surface area contributed by atoms with Gasteiger partial charge in [-0.25, -0.2) is 4.98 Å². The zero-order valence-electron chi connectivity index (χ0n) is 10.6. The van der Waals surface area contributed by atoms with E-state index < -0.39 is 10.8 Å². The summed E-state index contributed by atoms with van der Waals surface area (Å²) in [5.41, 5.74) is 0. The fourth-order valence-electron chi connectivity index (χ4n) is 1.45. The minimum absolute atomic E-state index is 0.111. The van der Waals surface area contributed by atoms with E-state index in [0.29, 0.717) is 12.4 Å². The van der Waals surface area contributed by atoms with Crippen LogP contribution in [0.3, 0.4) is 0 Å². The average molecular weight is 256 g/mol. The predicted octanol–water partition coefficient (Wildman–Crippen LogP) is 2.05. The maximum Gasteiger partial charge on any atom is 0.168 e. The van der Waals surface area contributed by atoms with Gasteiger partial charge in [-0.2, -0.15) is 0 Å². The maximum absolute atomic E-state index is 11.1. The molecule has 0 aliphatic rings. The average Bonchev–Trinajstić information content (AvgIpc) is 2.26. The van der Waals surface area contributed by atoms with Crippen molar-refractivity contribution in [3.8, 4) is 5.75 Å². The van der Waals surface area contributed by atoms with E-state index in [9.17, 15) is 4.21 Å². The lowest BCUT2D eigenvalue weighted by Gasteiger charge is -2.16. The zero-order valence-corrected chi connectivity index (χ0v) is 11.4. The highest BCUT2D eigenvalue weighted by Gasteiger charge is 2.09. The predicted molar refractivity (Wildman–Crippen MR) is 72.0 cm³/mol. The van der Waals surface area contributed by atoms with Crippen molar-refractivity contribution in [2.45, 2.75) is 26.3 Å². The van der Waals surface area contributed by atoms with Crippen LogP contribution in [0.2, 0.25) is 0 Å². The molecule has 1 heterocycles. The number of pyridine rings is 1. The molecule has 5 heteroatoms. The maximum atomic E-state index is 11.1. The Labute approximate surface area is 105 Å². The molecule has 1 N–H and O–H groups in total. The fraction of sp³-hybridized carbons (Fsp3) is 0.583. The second-order valence-corrected chi connectivity index (χ2v) is 5.46. The van der Waals surface area contributed by atoms with Gasteiger partial charge in [-0.1, -0.05) is 6.92 Å². The minimum Gasteiger partial charge on any atom is -0.490 e. The Bertz CT molecular complexity index is 371. The molecule has 0 saturated heterocycles. The van der Waals surface area contributed by atoms with Crippen LogP contribution in [-0.4, -0.2) is 33.9 Å². The Morgan fingerprint density at radius 1 is 1.59 bits per heavy atom. The van der Waals surface area contributed by atoms with Gasteiger partial charge < -0.3 is 10.1 Å². The van der Waals surface area contributed by atoms with Crippen LogP contribution in [0.4, 0.5) is 5.82 Å². The molecule has 0 aromatic carbocycles. The van der Waals surface area contributed by atoms with E-state index in [-0.39, 0.29) is 6.04 Å². The van der Waals surface area contributed by atoms with Gasteiger partial charge in [0.15, 0.2) is 11.6 Å². The van der Waals surface area contributed by atoms with Crippen LogP contribution in [0.1, 0.15) is 20.3 Å². The number of hydrogen-bond acceptors (Lipinski definition) is 4. The molecule has 1 rings (SSSR count). The van der Waals surface area contributed by atoms with Gasteiger partial charge in [0.1, 0.15) is 0 Å². The summed E-state index contributed by atoms with van der Waals surface area (Å²) in [4.78, 5) is 4.24. The normalized spacial score (nSPS) is 14.1. The topological polar surface area (TPSA) is 51.2 Å². The molecule has 0 saturated carbocycles. The van der Waals surface area contributed by atoms with Gasteiger partial charge in [0.25, 0.3) is 0 Å². The van der Waals surface area contributed by atoms with Gasteiger partial charge in [0.05, 0.1) is 6.61 Å². The molecule has 0 spiro atoms. The van der Waals surface area contributed by atoms with Crippen molar-refractivity contribution in [1.82, 2.24) is 4.98 Å². The van der Waals surface area contributed by atoms with Gasteiger partial charge in [0.2, 0.25) is 0 Å². The Kier molecular flexibility index (Phi) is 5.97. The molecule has 2 atom stereocenters. The molecular weight excluding hydrogens is 236 g/mol. The van der Waals surface area contributed by atoms with E-state index in [0.717, 1.165) is 18.0 Å². The van der Waals surface area contributed by atoms with Crippen molar-refractivity contribution < 1.29 is 8.95 Å². The van der Waals surface area contributed by atoms with Crippen LogP contribution in [0.25, 0.3) is 0 Å². The van der Waals surface area contributed by atoms with Crippen LogP contribution in [-0.2, 0) is 10.8 Å². The van der Waals surface area contributed by atoms with E-state index in [2.05, 4.69) is 17.2 Å². The lowest BCUT2D eigenvalue weighted by Crippen LogP contribution is -2.23. The fourth-order valence-corrected chi connectivity index (χ4v) is 2.24. The summed E-state index contributed by atoms with van der Waals surface area (Å²) in [6.45, 7) is 4.72. The summed E-state index contributed by atoms with van der Waals surface area (Å²) in [6.07, 6.45) is 4.38. The first kappa shape index (κ1) is 14.0. The number of hydrogen-bond donors (Lipinski definition) is 1. The first-order chi connectivity index (χ1) is 8.13. The molecule has 0 amide bonds. The Hall–Kier alpha value is -1.10. The smallest absolute Gasteiger partial charge is 0.168 e. The molecule has 0 bridgehead atoms. The number of ether oxygens (including phenoxy) is 1. The molecule has 0 aliphatic carbocycles. The molecule has 0 fully saturated rings. The van der Waals surface area contributed by atoms with Gasteiger partial charge in [-0.3, -0.25) is 4.21 Å². The van der Waals surface area contributed by atoms with Crippen LogP contribution >= 0.6 is 0 Å². The van der Waals surface area contributed by atoms with Crippen LogP contribution in [0.5, 0.6) is 5.75 Å². The highest BCUT2D eigenvalue weighted by atomic mass is 32.2. The standard InChI is InChI=1S/C12H20N2O2S/c1-4-8-16-11-6-5-7-13-12(11)14-10(2)9-17(3)15/h5-7,10H,4,8-9H2,1-3H3,(H,13,14).